The van der Waals surface area contributed by atoms with Crippen molar-refractivity contribution in [3.05, 3.63) is 24.3 Å². The van der Waals surface area contributed by atoms with E-state index in [-0.39, 0.29) is 5.91 Å². The number of rotatable bonds is 3. The fourth-order valence-corrected chi connectivity index (χ4v) is 2.70. The first-order valence-electron chi connectivity index (χ1n) is 6.79. The van der Waals surface area contributed by atoms with E-state index >= 15 is 0 Å². The third-order valence-electron chi connectivity index (χ3n) is 3.86. The summed E-state index contributed by atoms with van der Waals surface area (Å²) in [5.74, 6) is 0.749. The number of nitrogen functional groups attached to an aromatic ring is 1. The summed E-state index contributed by atoms with van der Waals surface area (Å²) in [7, 11) is 1.82. The van der Waals surface area contributed by atoms with Gasteiger partial charge in [0, 0.05) is 13.5 Å². The molecular weight excluding hydrogens is 224 g/mol. The Bertz CT molecular complexity index is 411. The minimum Gasteiger partial charge on any atom is -0.397 e. The van der Waals surface area contributed by atoms with Crippen molar-refractivity contribution in [1.82, 2.24) is 0 Å². The number of amides is 1. The molecule has 0 heterocycles. The number of nitrogens with zero attached hydrogens (tertiary/aromatic N) is 1. The van der Waals surface area contributed by atoms with Crippen LogP contribution in [0.3, 0.4) is 0 Å². The molecule has 1 aromatic rings. The quantitative estimate of drug-likeness (QED) is 0.832. The minimum absolute atomic E-state index is 0.180. The van der Waals surface area contributed by atoms with Crippen LogP contribution in [0.1, 0.15) is 38.5 Å². The maximum atomic E-state index is 12.2. The number of carbonyl (C=O) groups is 1. The minimum atomic E-state index is 0.180. The van der Waals surface area contributed by atoms with Crippen molar-refractivity contribution in [2.75, 3.05) is 17.7 Å². The normalized spacial score (nSPS) is 16.5. The van der Waals surface area contributed by atoms with Crippen LogP contribution in [0, 0.1) is 5.92 Å². The number of benzene rings is 1. The monoisotopic (exact) mass is 246 g/mol. The van der Waals surface area contributed by atoms with Crippen LogP contribution in [0.2, 0.25) is 0 Å². The van der Waals surface area contributed by atoms with Crippen molar-refractivity contribution < 1.29 is 4.79 Å². The van der Waals surface area contributed by atoms with Crippen LogP contribution in [0.15, 0.2) is 24.3 Å². The third-order valence-corrected chi connectivity index (χ3v) is 3.86. The lowest BCUT2D eigenvalue weighted by atomic mass is 9.86. The van der Waals surface area contributed by atoms with Crippen LogP contribution >= 0.6 is 0 Å². The summed E-state index contributed by atoms with van der Waals surface area (Å²) < 4.78 is 0. The van der Waals surface area contributed by atoms with Crippen LogP contribution < -0.4 is 10.6 Å². The van der Waals surface area contributed by atoms with E-state index in [1.165, 1.54) is 32.1 Å². The summed E-state index contributed by atoms with van der Waals surface area (Å²) in [5, 5.41) is 0. The van der Waals surface area contributed by atoms with E-state index < -0.39 is 0 Å². The van der Waals surface area contributed by atoms with Crippen LogP contribution in [0.5, 0.6) is 0 Å². The molecule has 1 aliphatic rings. The second-order valence-corrected chi connectivity index (χ2v) is 5.22. The predicted octanol–water partition coefficient (Wildman–Crippen LogP) is 3.20. The van der Waals surface area contributed by atoms with E-state index in [9.17, 15) is 4.79 Å². The van der Waals surface area contributed by atoms with Gasteiger partial charge in [-0.05, 0) is 30.9 Å². The van der Waals surface area contributed by atoms with Gasteiger partial charge in [0.1, 0.15) is 0 Å². The van der Waals surface area contributed by atoms with E-state index in [1.807, 2.05) is 31.3 Å². The highest BCUT2D eigenvalue weighted by Crippen LogP contribution is 2.28. The van der Waals surface area contributed by atoms with Crippen molar-refractivity contribution in [2.45, 2.75) is 38.5 Å². The van der Waals surface area contributed by atoms with Crippen LogP contribution in [0.25, 0.3) is 0 Å². The molecule has 3 heteroatoms. The number of carbonyl (C=O) groups excluding carboxylic acids is 1. The first kappa shape index (κ1) is 12.9. The molecule has 3 nitrogen and oxygen atoms in total. The molecule has 0 saturated heterocycles. The zero-order valence-corrected chi connectivity index (χ0v) is 11.1. The molecule has 0 atom stereocenters. The average molecular weight is 246 g/mol. The maximum absolute atomic E-state index is 12.2. The van der Waals surface area contributed by atoms with E-state index in [0.717, 1.165) is 5.69 Å². The van der Waals surface area contributed by atoms with E-state index in [0.29, 0.717) is 18.0 Å². The number of nitrogens with two attached hydrogens (primary N) is 1. The fourth-order valence-electron chi connectivity index (χ4n) is 2.70. The maximum Gasteiger partial charge on any atom is 0.227 e. The summed E-state index contributed by atoms with van der Waals surface area (Å²) in [6, 6.07) is 7.53. The Labute approximate surface area is 109 Å². The molecule has 2 rings (SSSR count). The van der Waals surface area contributed by atoms with Gasteiger partial charge in [-0.25, -0.2) is 0 Å². The van der Waals surface area contributed by atoms with Gasteiger partial charge in [-0.2, -0.15) is 0 Å². The molecular formula is C15H22N2O. The molecule has 1 aliphatic carbocycles. The molecule has 1 aromatic carbocycles. The van der Waals surface area contributed by atoms with E-state index in [1.54, 1.807) is 4.90 Å². The lowest BCUT2D eigenvalue weighted by molar-refractivity contribution is -0.119. The molecule has 0 spiro atoms. The van der Waals surface area contributed by atoms with Gasteiger partial charge in [0.2, 0.25) is 5.91 Å². The average Bonchev–Trinajstić information content (AvgIpc) is 2.39. The number of anilines is 2. The molecule has 1 fully saturated rings. The highest BCUT2D eigenvalue weighted by molar-refractivity contribution is 5.95. The summed E-state index contributed by atoms with van der Waals surface area (Å²) in [6.45, 7) is 0. The largest absolute Gasteiger partial charge is 0.397 e. The first-order valence-corrected chi connectivity index (χ1v) is 6.79. The molecule has 98 valence electrons. The Morgan fingerprint density at radius 2 is 1.94 bits per heavy atom. The lowest BCUT2D eigenvalue weighted by Crippen LogP contribution is -2.29. The predicted molar refractivity (Wildman–Crippen MR) is 75.5 cm³/mol. The molecule has 18 heavy (non-hydrogen) atoms. The molecule has 0 radical (unpaired) electrons. The Kier molecular flexibility index (Phi) is 4.24. The van der Waals surface area contributed by atoms with Gasteiger partial charge in [-0.15, -0.1) is 0 Å². The van der Waals surface area contributed by atoms with E-state index in [2.05, 4.69) is 0 Å². The standard InChI is InChI=1S/C15H22N2O/c1-17(14-10-6-5-9-13(14)16)15(18)11-12-7-3-2-4-8-12/h5-6,9-10,12H,2-4,7-8,11,16H2,1H3. The number of para-hydroxylation sites is 2. The summed E-state index contributed by atoms with van der Waals surface area (Å²) in [4.78, 5) is 13.9. The Balaban J connectivity index is 1.98. The van der Waals surface area contributed by atoms with Crippen molar-refractivity contribution in [3.8, 4) is 0 Å². The van der Waals surface area contributed by atoms with Crippen molar-refractivity contribution in [3.63, 3.8) is 0 Å². The zero-order chi connectivity index (χ0) is 13.0. The molecule has 2 N–H and O–H groups in total. The smallest absolute Gasteiger partial charge is 0.227 e. The van der Waals surface area contributed by atoms with Crippen LogP contribution in [0.4, 0.5) is 11.4 Å². The van der Waals surface area contributed by atoms with Gasteiger partial charge < -0.3 is 10.6 Å². The molecule has 0 aliphatic heterocycles. The summed E-state index contributed by atoms with van der Waals surface area (Å²) >= 11 is 0. The van der Waals surface area contributed by atoms with Gasteiger partial charge in [0.25, 0.3) is 0 Å². The van der Waals surface area contributed by atoms with Crippen molar-refractivity contribution >= 4 is 17.3 Å². The molecule has 0 aromatic heterocycles. The molecule has 1 amide bonds. The lowest BCUT2D eigenvalue weighted by Gasteiger charge is -2.25. The van der Waals surface area contributed by atoms with Gasteiger partial charge in [-0.3, -0.25) is 4.79 Å². The second-order valence-electron chi connectivity index (χ2n) is 5.22. The van der Waals surface area contributed by atoms with Gasteiger partial charge in [-0.1, -0.05) is 31.4 Å². The highest BCUT2D eigenvalue weighted by Gasteiger charge is 2.20. The van der Waals surface area contributed by atoms with Crippen LogP contribution in [-0.4, -0.2) is 13.0 Å². The number of hydrogen-bond donors (Lipinski definition) is 1. The van der Waals surface area contributed by atoms with Crippen LogP contribution in [-0.2, 0) is 4.79 Å². The van der Waals surface area contributed by atoms with Crippen molar-refractivity contribution in [1.29, 1.82) is 0 Å². The van der Waals surface area contributed by atoms with Gasteiger partial charge >= 0.3 is 0 Å². The first-order chi connectivity index (χ1) is 8.68. The molecule has 0 unspecified atom stereocenters. The topological polar surface area (TPSA) is 46.3 Å². The Hall–Kier alpha value is -1.51. The van der Waals surface area contributed by atoms with E-state index in [4.69, 9.17) is 5.73 Å². The van der Waals surface area contributed by atoms with Crippen molar-refractivity contribution in [2.24, 2.45) is 5.92 Å². The van der Waals surface area contributed by atoms with Gasteiger partial charge in [0.05, 0.1) is 11.4 Å². The summed E-state index contributed by atoms with van der Waals surface area (Å²) in [5.41, 5.74) is 7.38. The number of hydrogen-bond acceptors (Lipinski definition) is 2. The Morgan fingerprint density at radius 1 is 1.28 bits per heavy atom. The second kappa shape index (κ2) is 5.89. The highest BCUT2D eigenvalue weighted by atomic mass is 16.2. The van der Waals surface area contributed by atoms with Gasteiger partial charge in [0.15, 0.2) is 0 Å². The summed E-state index contributed by atoms with van der Waals surface area (Å²) in [6.07, 6.45) is 6.93. The Morgan fingerprint density at radius 3 is 2.61 bits per heavy atom. The SMILES string of the molecule is CN(C(=O)CC1CCCCC1)c1ccccc1N. The third kappa shape index (κ3) is 3.03. The molecule has 0 bridgehead atoms. The fraction of sp³-hybridized carbons (Fsp3) is 0.533. The molecule has 1 saturated carbocycles. The zero-order valence-electron chi connectivity index (χ0n) is 11.1.